The van der Waals surface area contributed by atoms with Crippen molar-refractivity contribution in [2.45, 2.75) is 19.4 Å². The van der Waals surface area contributed by atoms with Gasteiger partial charge in [-0.05, 0) is 44.2 Å². The number of nitrogens with one attached hydrogen (secondary N) is 1. The van der Waals surface area contributed by atoms with Crippen molar-refractivity contribution in [1.82, 2.24) is 0 Å². The van der Waals surface area contributed by atoms with Crippen LogP contribution in [0.25, 0.3) is 0 Å². The van der Waals surface area contributed by atoms with E-state index in [0.29, 0.717) is 11.6 Å². The highest BCUT2D eigenvalue weighted by atomic mass is 35.5. The van der Waals surface area contributed by atoms with Crippen molar-refractivity contribution in [1.29, 1.82) is 0 Å². The fourth-order valence-electron chi connectivity index (χ4n) is 2.25. The molecule has 2 aromatic carbocycles. The molecule has 2 aromatic rings. The van der Waals surface area contributed by atoms with Crippen LogP contribution in [-0.4, -0.2) is 18.3 Å². The summed E-state index contributed by atoms with van der Waals surface area (Å²) >= 11 is 5.90. The van der Waals surface area contributed by atoms with Gasteiger partial charge in [-0.3, -0.25) is 0 Å². The molecule has 3 nitrogen and oxygen atoms in total. The molecule has 0 fully saturated rings. The van der Waals surface area contributed by atoms with Gasteiger partial charge in [0.25, 0.3) is 0 Å². The van der Waals surface area contributed by atoms with Crippen LogP contribution in [0.5, 0.6) is 5.75 Å². The molecule has 0 heterocycles. The Kier molecular flexibility index (Phi) is 5.10. The van der Waals surface area contributed by atoms with E-state index < -0.39 is 5.54 Å². The van der Waals surface area contributed by atoms with Gasteiger partial charge in [-0.25, -0.2) is 0 Å². The summed E-state index contributed by atoms with van der Waals surface area (Å²) in [5.74, 6) is 0.776. The van der Waals surface area contributed by atoms with Crippen LogP contribution < -0.4 is 10.1 Å². The molecule has 0 aromatic heterocycles. The Bertz CT molecular complexity index is 586. The van der Waals surface area contributed by atoms with Crippen molar-refractivity contribution in [3.05, 3.63) is 59.1 Å². The zero-order valence-corrected chi connectivity index (χ0v) is 13.0. The van der Waals surface area contributed by atoms with Gasteiger partial charge in [0.2, 0.25) is 0 Å². The first-order chi connectivity index (χ1) is 10.1. The molecule has 0 amide bonds. The second-order valence-electron chi connectivity index (χ2n) is 5.05. The summed E-state index contributed by atoms with van der Waals surface area (Å²) in [6.07, 6.45) is 0. The minimum absolute atomic E-state index is 0.0558. The number of hydrogen-bond donors (Lipinski definition) is 2. The van der Waals surface area contributed by atoms with Gasteiger partial charge in [-0.15, -0.1) is 0 Å². The molecule has 0 aliphatic rings. The minimum Gasteiger partial charge on any atom is -0.494 e. The van der Waals surface area contributed by atoms with Crippen LogP contribution >= 0.6 is 11.6 Å². The maximum Gasteiger partial charge on any atom is 0.124 e. The standard InChI is InChI=1S/C17H20ClNO2/c1-3-21-16-7-5-4-6-15(16)17(2,12-20)19-14-10-8-13(18)9-11-14/h4-11,19-20H,3,12H2,1-2H3. The highest BCUT2D eigenvalue weighted by molar-refractivity contribution is 6.30. The number of aliphatic hydroxyl groups excluding tert-OH is 1. The normalized spacial score (nSPS) is 13.5. The van der Waals surface area contributed by atoms with Gasteiger partial charge in [0.05, 0.1) is 18.8 Å². The summed E-state index contributed by atoms with van der Waals surface area (Å²) in [5, 5.41) is 13.9. The summed E-state index contributed by atoms with van der Waals surface area (Å²) in [5.41, 5.74) is 1.17. The smallest absolute Gasteiger partial charge is 0.124 e. The predicted octanol–water partition coefficient (Wildman–Crippen LogP) is 4.06. The molecule has 21 heavy (non-hydrogen) atoms. The molecule has 112 valence electrons. The van der Waals surface area contributed by atoms with Crippen LogP contribution in [0.2, 0.25) is 5.02 Å². The zero-order valence-electron chi connectivity index (χ0n) is 12.3. The van der Waals surface area contributed by atoms with E-state index in [1.165, 1.54) is 0 Å². The number of rotatable bonds is 6. The van der Waals surface area contributed by atoms with Crippen LogP contribution in [0.4, 0.5) is 5.69 Å². The highest BCUT2D eigenvalue weighted by Crippen LogP contribution is 2.33. The Morgan fingerprint density at radius 1 is 1.14 bits per heavy atom. The third kappa shape index (κ3) is 3.69. The van der Waals surface area contributed by atoms with E-state index in [0.717, 1.165) is 17.0 Å². The summed E-state index contributed by atoms with van der Waals surface area (Å²) in [7, 11) is 0. The van der Waals surface area contributed by atoms with Crippen LogP contribution in [0.1, 0.15) is 19.4 Å². The molecule has 2 N–H and O–H groups in total. The fraction of sp³-hybridized carbons (Fsp3) is 0.294. The largest absolute Gasteiger partial charge is 0.494 e. The van der Waals surface area contributed by atoms with Crippen molar-refractivity contribution in [2.24, 2.45) is 0 Å². The lowest BCUT2D eigenvalue weighted by molar-refractivity contribution is 0.218. The SMILES string of the molecule is CCOc1ccccc1C(C)(CO)Nc1ccc(Cl)cc1. The average molecular weight is 306 g/mol. The third-order valence-electron chi connectivity index (χ3n) is 3.36. The van der Waals surface area contributed by atoms with Gasteiger partial charge < -0.3 is 15.2 Å². The Balaban J connectivity index is 2.34. The number of para-hydroxylation sites is 1. The van der Waals surface area contributed by atoms with Crippen molar-refractivity contribution in [3.63, 3.8) is 0 Å². The van der Waals surface area contributed by atoms with E-state index >= 15 is 0 Å². The molecule has 0 bridgehead atoms. The van der Waals surface area contributed by atoms with Gasteiger partial charge in [0, 0.05) is 16.3 Å². The maximum absolute atomic E-state index is 9.90. The Morgan fingerprint density at radius 3 is 2.43 bits per heavy atom. The van der Waals surface area contributed by atoms with Crippen LogP contribution in [-0.2, 0) is 5.54 Å². The average Bonchev–Trinajstić information content (AvgIpc) is 2.50. The second-order valence-corrected chi connectivity index (χ2v) is 5.49. The van der Waals surface area contributed by atoms with Crippen molar-refractivity contribution >= 4 is 17.3 Å². The van der Waals surface area contributed by atoms with E-state index in [1.54, 1.807) is 0 Å². The fourth-order valence-corrected chi connectivity index (χ4v) is 2.37. The van der Waals surface area contributed by atoms with E-state index in [1.807, 2.05) is 62.4 Å². The topological polar surface area (TPSA) is 41.5 Å². The zero-order chi connectivity index (χ0) is 15.3. The van der Waals surface area contributed by atoms with Crippen LogP contribution in [0.3, 0.4) is 0 Å². The summed E-state index contributed by atoms with van der Waals surface area (Å²) in [6.45, 7) is 4.42. The first-order valence-corrected chi connectivity index (χ1v) is 7.34. The van der Waals surface area contributed by atoms with Gasteiger partial charge in [0.15, 0.2) is 0 Å². The maximum atomic E-state index is 9.90. The number of benzene rings is 2. The Morgan fingerprint density at radius 2 is 1.81 bits per heavy atom. The van der Waals surface area contributed by atoms with Gasteiger partial charge >= 0.3 is 0 Å². The van der Waals surface area contributed by atoms with Gasteiger partial charge in [0.1, 0.15) is 5.75 Å². The first-order valence-electron chi connectivity index (χ1n) is 6.96. The molecule has 0 saturated heterocycles. The van der Waals surface area contributed by atoms with E-state index in [4.69, 9.17) is 16.3 Å². The van der Waals surface area contributed by atoms with Crippen molar-refractivity contribution in [2.75, 3.05) is 18.5 Å². The molecular weight excluding hydrogens is 286 g/mol. The van der Waals surface area contributed by atoms with Crippen LogP contribution in [0, 0.1) is 0 Å². The molecule has 0 radical (unpaired) electrons. The summed E-state index contributed by atoms with van der Waals surface area (Å²) in [4.78, 5) is 0. The van der Waals surface area contributed by atoms with Gasteiger partial charge in [-0.1, -0.05) is 29.8 Å². The lowest BCUT2D eigenvalue weighted by atomic mass is 9.91. The number of hydrogen-bond acceptors (Lipinski definition) is 3. The molecule has 0 saturated carbocycles. The quantitative estimate of drug-likeness (QED) is 0.845. The van der Waals surface area contributed by atoms with Gasteiger partial charge in [-0.2, -0.15) is 0 Å². The molecule has 0 aliphatic carbocycles. The third-order valence-corrected chi connectivity index (χ3v) is 3.61. The molecule has 1 unspecified atom stereocenters. The van der Waals surface area contributed by atoms with Crippen molar-refractivity contribution in [3.8, 4) is 5.75 Å². The molecule has 0 aliphatic heterocycles. The number of ether oxygens (including phenoxy) is 1. The first kappa shape index (κ1) is 15.7. The highest BCUT2D eigenvalue weighted by Gasteiger charge is 2.28. The molecule has 4 heteroatoms. The van der Waals surface area contributed by atoms with E-state index in [-0.39, 0.29) is 6.61 Å². The Labute approximate surface area is 130 Å². The number of halogens is 1. The van der Waals surface area contributed by atoms with E-state index in [9.17, 15) is 5.11 Å². The monoisotopic (exact) mass is 305 g/mol. The van der Waals surface area contributed by atoms with E-state index in [2.05, 4.69) is 5.32 Å². The lowest BCUT2D eigenvalue weighted by Crippen LogP contribution is -2.36. The molecular formula is C17H20ClNO2. The summed E-state index contributed by atoms with van der Waals surface area (Å²) in [6, 6.07) is 15.1. The lowest BCUT2D eigenvalue weighted by Gasteiger charge is -2.32. The molecule has 0 spiro atoms. The summed E-state index contributed by atoms with van der Waals surface area (Å²) < 4.78 is 5.67. The van der Waals surface area contributed by atoms with Crippen molar-refractivity contribution < 1.29 is 9.84 Å². The number of aliphatic hydroxyl groups is 1. The second kappa shape index (κ2) is 6.83. The number of anilines is 1. The molecule has 2 rings (SSSR count). The minimum atomic E-state index is -0.639. The Hall–Kier alpha value is -1.71. The molecule has 1 atom stereocenters. The predicted molar refractivity (Wildman–Crippen MR) is 87.1 cm³/mol. The van der Waals surface area contributed by atoms with Crippen LogP contribution in [0.15, 0.2) is 48.5 Å².